The highest BCUT2D eigenvalue weighted by Crippen LogP contribution is 2.21. The van der Waals surface area contributed by atoms with E-state index < -0.39 is 0 Å². The molecule has 1 fully saturated rings. The van der Waals surface area contributed by atoms with Gasteiger partial charge in [0.25, 0.3) is 0 Å². The molecule has 1 N–H and O–H groups in total. The summed E-state index contributed by atoms with van der Waals surface area (Å²) in [5.74, 6) is 0.436. The second-order valence-corrected chi connectivity index (χ2v) is 6.09. The minimum absolute atomic E-state index is 0.164. The number of carbonyl (C=O) groups is 1. The third-order valence-electron chi connectivity index (χ3n) is 4.48. The number of pyridine rings is 1. The molecule has 0 aliphatic carbocycles. The molecule has 4 heteroatoms. The molecular formula is C18H23N3O. The molecule has 1 atom stereocenters. The number of hydrogen-bond donors (Lipinski definition) is 1. The molecule has 1 amide bonds. The van der Waals surface area contributed by atoms with E-state index in [1.54, 1.807) is 0 Å². The minimum atomic E-state index is 0.164. The highest BCUT2D eigenvalue weighted by atomic mass is 16.2. The number of fused-ring (bicyclic) bond motifs is 1. The van der Waals surface area contributed by atoms with Crippen molar-refractivity contribution in [2.75, 3.05) is 20.1 Å². The van der Waals surface area contributed by atoms with Crippen LogP contribution < -0.4 is 5.32 Å². The van der Waals surface area contributed by atoms with Gasteiger partial charge in [0.2, 0.25) is 5.91 Å². The number of benzene rings is 1. The SMILES string of the molecule is CN(Cc1cccc2cnccc12)C(=O)[C@H]1CCCNCC1. The molecule has 0 unspecified atom stereocenters. The van der Waals surface area contributed by atoms with Gasteiger partial charge in [0.05, 0.1) is 0 Å². The maximum Gasteiger partial charge on any atom is 0.225 e. The van der Waals surface area contributed by atoms with E-state index in [4.69, 9.17) is 0 Å². The van der Waals surface area contributed by atoms with Crippen LogP contribution in [0.4, 0.5) is 0 Å². The lowest BCUT2D eigenvalue weighted by atomic mass is 9.98. The van der Waals surface area contributed by atoms with Crippen molar-refractivity contribution in [2.24, 2.45) is 5.92 Å². The molecule has 0 bridgehead atoms. The number of hydrogen-bond acceptors (Lipinski definition) is 3. The fourth-order valence-electron chi connectivity index (χ4n) is 3.24. The van der Waals surface area contributed by atoms with Gasteiger partial charge in [-0.2, -0.15) is 0 Å². The minimum Gasteiger partial charge on any atom is -0.341 e. The van der Waals surface area contributed by atoms with Gasteiger partial charge in [-0.1, -0.05) is 18.2 Å². The number of aromatic nitrogens is 1. The van der Waals surface area contributed by atoms with E-state index in [2.05, 4.69) is 22.4 Å². The molecule has 2 heterocycles. The predicted molar refractivity (Wildman–Crippen MR) is 88.4 cm³/mol. The normalized spacial score (nSPS) is 18.9. The molecule has 1 aromatic carbocycles. The molecule has 3 rings (SSSR count). The molecule has 4 nitrogen and oxygen atoms in total. The Balaban J connectivity index is 1.74. The lowest BCUT2D eigenvalue weighted by Crippen LogP contribution is -2.33. The third-order valence-corrected chi connectivity index (χ3v) is 4.48. The van der Waals surface area contributed by atoms with Gasteiger partial charge in [0.1, 0.15) is 0 Å². The van der Waals surface area contributed by atoms with Crippen LogP contribution in [0.3, 0.4) is 0 Å². The van der Waals surface area contributed by atoms with Gasteiger partial charge in [0, 0.05) is 37.3 Å². The first-order valence-electron chi connectivity index (χ1n) is 8.03. The van der Waals surface area contributed by atoms with Crippen LogP contribution in [0.15, 0.2) is 36.7 Å². The molecular weight excluding hydrogens is 274 g/mol. The lowest BCUT2D eigenvalue weighted by molar-refractivity contribution is -0.135. The van der Waals surface area contributed by atoms with Crippen molar-refractivity contribution >= 4 is 16.7 Å². The van der Waals surface area contributed by atoms with Crippen molar-refractivity contribution in [1.29, 1.82) is 0 Å². The van der Waals surface area contributed by atoms with Gasteiger partial charge in [0.15, 0.2) is 0 Å². The van der Waals surface area contributed by atoms with E-state index in [1.165, 1.54) is 10.9 Å². The monoisotopic (exact) mass is 297 g/mol. The van der Waals surface area contributed by atoms with E-state index in [1.807, 2.05) is 36.5 Å². The first-order valence-corrected chi connectivity index (χ1v) is 8.03. The average molecular weight is 297 g/mol. The van der Waals surface area contributed by atoms with E-state index in [-0.39, 0.29) is 11.8 Å². The Morgan fingerprint density at radius 1 is 1.32 bits per heavy atom. The summed E-state index contributed by atoms with van der Waals surface area (Å²) in [5.41, 5.74) is 1.18. The van der Waals surface area contributed by atoms with Crippen LogP contribution in [0.25, 0.3) is 10.8 Å². The molecule has 22 heavy (non-hydrogen) atoms. The van der Waals surface area contributed by atoms with Gasteiger partial charge in [-0.3, -0.25) is 9.78 Å². The molecule has 1 aromatic heterocycles. The average Bonchev–Trinajstić information content (AvgIpc) is 2.83. The smallest absolute Gasteiger partial charge is 0.225 e. The van der Waals surface area contributed by atoms with Crippen molar-refractivity contribution < 1.29 is 4.79 Å². The summed E-state index contributed by atoms with van der Waals surface area (Å²) >= 11 is 0. The summed E-state index contributed by atoms with van der Waals surface area (Å²) in [6.07, 6.45) is 6.71. The van der Waals surface area contributed by atoms with E-state index >= 15 is 0 Å². The summed E-state index contributed by atoms with van der Waals surface area (Å²) < 4.78 is 0. The summed E-state index contributed by atoms with van der Waals surface area (Å²) in [7, 11) is 1.92. The number of carbonyl (C=O) groups excluding carboxylic acids is 1. The Hall–Kier alpha value is -1.94. The highest BCUT2D eigenvalue weighted by molar-refractivity contribution is 5.85. The van der Waals surface area contributed by atoms with E-state index in [0.717, 1.165) is 37.7 Å². The fourth-order valence-corrected chi connectivity index (χ4v) is 3.24. The lowest BCUT2D eigenvalue weighted by Gasteiger charge is -2.23. The van der Waals surface area contributed by atoms with Crippen LogP contribution in [0.2, 0.25) is 0 Å². The number of nitrogens with one attached hydrogen (secondary N) is 1. The first kappa shape index (κ1) is 15.0. The third kappa shape index (κ3) is 3.28. The molecule has 0 spiro atoms. The Bertz CT molecular complexity index is 642. The zero-order valence-corrected chi connectivity index (χ0v) is 13.1. The largest absolute Gasteiger partial charge is 0.341 e. The van der Waals surface area contributed by atoms with Crippen molar-refractivity contribution in [3.05, 3.63) is 42.2 Å². The first-order chi connectivity index (χ1) is 10.8. The van der Waals surface area contributed by atoms with Crippen molar-refractivity contribution in [3.8, 4) is 0 Å². The zero-order valence-electron chi connectivity index (χ0n) is 13.1. The van der Waals surface area contributed by atoms with Crippen molar-refractivity contribution in [1.82, 2.24) is 15.2 Å². The van der Waals surface area contributed by atoms with Gasteiger partial charge < -0.3 is 10.2 Å². The van der Waals surface area contributed by atoms with E-state index in [9.17, 15) is 4.79 Å². The summed E-state index contributed by atoms with van der Waals surface area (Å²) in [4.78, 5) is 18.7. The maximum absolute atomic E-state index is 12.7. The second-order valence-electron chi connectivity index (χ2n) is 6.09. The van der Waals surface area contributed by atoms with Crippen LogP contribution in [0.1, 0.15) is 24.8 Å². The van der Waals surface area contributed by atoms with Crippen LogP contribution in [-0.4, -0.2) is 35.9 Å². The Kier molecular flexibility index (Phi) is 4.68. The number of rotatable bonds is 3. The Morgan fingerprint density at radius 2 is 2.23 bits per heavy atom. The van der Waals surface area contributed by atoms with Gasteiger partial charge in [-0.05, 0) is 49.4 Å². The van der Waals surface area contributed by atoms with Gasteiger partial charge >= 0.3 is 0 Å². The number of nitrogens with zero attached hydrogens (tertiary/aromatic N) is 2. The molecule has 2 aromatic rings. The Labute approximate surface area is 131 Å². The summed E-state index contributed by atoms with van der Waals surface area (Å²) in [5, 5.41) is 5.67. The van der Waals surface area contributed by atoms with Crippen molar-refractivity contribution in [3.63, 3.8) is 0 Å². The molecule has 116 valence electrons. The van der Waals surface area contributed by atoms with Crippen LogP contribution in [0.5, 0.6) is 0 Å². The fraction of sp³-hybridized carbons (Fsp3) is 0.444. The molecule has 1 aliphatic rings. The summed E-state index contributed by atoms with van der Waals surface area (Å²) in [6, 6.07) is 8.22. The van der Waals surface area contributed by atoms with E-state index in [0.29, 0.717) is 6.54 Å². The van der Waals surface area contributed by atoms with Gasteiger partial charge in [-0.25, -0.2) is 0 Å². The predicted octanol–water partition coefficient (Wildman–Crippen LogP) is 2.58. The Morgan fingerprint density at radius 3 is 3.14 bits per heavy atom. The quantitative estimate of drug-likeness (QED) is 0.947. The topological polar surface area (TPSA) is 45.2 Å². The van der Waals surface area contributed by atoms with Crippen LogP contribution in [-0.2, 0) is 11.3 Å². The molecule has 1 saturated heterocycles. The van der Waals surface area contributed by atoms with Gasteiger partial charge in [-0.15, -0.1) is 0 Å². The standard InChI is InChI=1S/C18H23N3O/c1-21(18(22)14-6-3-9-19-10-7-14)13-16-5-2-4-15-12-20-11-8-17(15)16/h2,4-5,8,11-12,14,19H,3,6-7,9-10,13H2,1H3/t14-/m0/s1. The number of amides is 1. The molecule has 1 aliphatic heterocycles. The second kappa shape index (κ2) is 6.88. The zero-order chi connectivity index (χ0) is 15.4. The molecule has 0 radical (unpaired) electrons. The highest BCUT2D eigenvalue weighted by Gasteiger charge is 2.23. The van der Waals surface area contributed by atoms with Crippen LogP contribution in [0, 0.1) is 5.92 Å². The summed E-state index contributed by atoms with van der Waals surface area (Å²) in [6.45, 7) is 2.64. The molecule has 0 saturated carbocycles. The maximum atomic E-state index is 12.7. The van der Waals surface area contributed by atoms with Crippen molar-refractivity contribution in [2.45, 2.75) is 25.8 Å². The van der Waals surface area contributed by atoms with Crippen LogP contribution >= 0.6 is 0 Å².